The Balaban J connectivity index is 1.61. The van der Waals surface area contributed by atoms with Crippen LogP contribution in [0.3, 0.4) is 0 Å². The zero-order valence-electron chi connectivity index (χ0n) is 14.1. The number of carbonyl (C=O) groups excluding carboxylic acids is 3. The summed E-state index contributed by atoms with van der Waals surface area (Å²) in [5, 5.41) is 5.35. The van der Waals surface area contributed by atoms with E-state index in [2.05, 4.69) is 10.6 Å². The summed E-state index contributed by atoms with van der Waals surface area (Å²) in [5.74, 6) is -1.42. The number of carbonyl (C=O) groups is 3. The summed E-state index contributed by atoms with van der Waals surface area (Å²) in [7, 11) is 0. The van der Waals surface area contributed by atoms with Gasteiger partial charge in [0, 0.05) is 12.5 Å². The average molecular weight is 356 g/mol. The molecule has 2 amide bonds. The first-order valence-electron chi connectivity index (χ1n) is 8.46. The predicted octanol–water partition coefficient (Wildman–Crippen LogP) is 1.44. The third-order valence-electron chi connectivity index (χ3n) is 3.91. The molecule has 2 aromatic rings. The molecule has 0 radical (unpaired) electrons. The SMILES string of the molecule is O=C(COC(=O)[C@@H](Cc1ccccc1)NC(=O)c1ccco1)NC1CC1. The second-order valence-electron chi connectivity index (χ2n) is 6.14. The number of rotatable bonds is 8. The van der Waals surface area contributed by atoms with E-state index in [-0.39, 0.29) is 30.7 Å². The van der Waals surface area contributed by atoms with Gasteiger partial charge in [-0.25, -0.2) is 4.79 Å². The van der Waals surface area contributed by atoms with Crippen molar-refractivity contribution in [1.82, 2.24) is 10.6 Å². The summed E-state index contributed by atoms with van der Waals surface area (Å²) in [5.41, 5.74) is 0.858. The van der Waals surface area contributed by atoms with E-state index in [0.717, 1.165) is 18.4 Å². The molecular formula is C19H20N2O5. The number of furan rings is 1. The zero-order chi connectivity index (χ0) is 18.4. The van der Waals surface area contributed by atoms with E-state index in [1.807, 2.05) is 30.3 Å². The van der Waals surface area contributed by atoms with E-state index in [1.54, 1.807) is 6.07 Å². The Labute approximate surface area is 150 Å². The molecule has 3 rings (SSSR count). The van der Waals surface area contributed by atoms with Crippen molar-refractivity contribution >= 4 is 17.8 Å². The lowest BCUT2D eigenvalue weighted by atomic mass is 10.1. The van der Waals surface area contributed by atoms with Gasteiger partial charge in [0.1, 0.15) is 6.04 Å². The standard InChI is InChI=1S/C19H20N2O5/c22-17(20-14-8-9-14)12-26-19(24)15(11-13-5-2-1-3-6-13)21-18(23)16-7-4-10-25-16/h1-7,10,14-15H,8-9,11-12H2,(H,20,22)(H,21,23)/t15-/m1/s1. The van der Waals surface area contributed by atoms with Crippen molar-refractivity contribution < 1.29 is 23.5 Å². The van der Waals surface area contributed by atoms with Gasteiger partial charge in [-0.1, -0.05) is 30.3 Å². The maximum atomic E-state index is 12.4. The minimum absolute atomic E-state index is 0.0994. The van der Waals surface area contributed by atoms with Gasteiger partial charge in [-0.3, -0.25) is 9.59 Å². The molecular weight excluding hydrogens is 336 g/mol. The van der Waals surface area contributed by atoms with Crippen molar-refractivity contribution in [2.75, 3.05) is 6.61 Å². The molecule has 0 aliphatic heterocycles. The van der Waals surface area contributed by atoms with Crippen molar-refractivity contribution in [3.63, 3.8) is 0 Å². The van der Waals surface area contributed by atoms with E-state index >= 15 is 0 Å². The minimum atomic E-state index is -0.927. The first kappa shape index (κ1) is 17.7. The van der Waals surface area contributed by atoms with Crippen LogP contribution in [0.5, 0.6) is 0 Å². The maximum absolute atomic E-state index is 12.4. The van der Waals surface area contributed by atoms with Gasteiger partial charge in [0.2, 0.25) is 0 Å². The molecule has 1 aromatic carbocycles. The second-order valence-corrected chi connectivity index (χ2v) is 6.14. The summed E-state index contributed by atoms with van der Waals surface area (Å²) in [4.78, 5) is 36.3. The highest BCUT2D eigenvalue weighted by Gasteiger charge is 2.27. The van der Waals surface area contributed by atoms with Gasteiger partial charge < -0.3 is 19.8 Å². The van der Waals surface area contributed by atoms with Crippen LogP contribution in [-0.2, 0) is 20.7 Å². The third-order valence-corrected chi connectivity index (χ3v) is 3.91. The van der Waals surface area contributed by atoms with Crippen LogP contribution in [0.4, 0.5) is 0 Å². The minimum Gasteiger partial charge on any atom is -0.459 e. The third kappa shape index (κ3) is 5.20. The summed E-state index contributed by atoms with van der Waals surface area (Å²) in [6, 6.07) is 11.6. The Kier molecular flexibility index (Phi) is 5.68. The highest BCUT2D eigenvalue weighted by Crippen LogP contribution is 2.18. The van der Waals surface area contributed by atoms with Gasteiger partial charge in [-0.05, 0) is 30.5 Å². The van der Waals surface area contributed by atoms with Gasteiger partial charge in [-0.15, -0.1) is 0 Å². The molecule has 1 aliphatic carbocycles. The molecule has 7 heteroatoms. The van der Waals surface area contributed by atoms with Crippen LogP contribution in [0.2, 0.25) is 0 Å². The lowest BCUT2D eigenvalue weighted by Gasteiger charge is -2.17. The summed E-state index contributed by atoms with van der Waals surface area (Å²) < 4.78 is 10.1. The summed E-state index contributed by atoms with van der Waals surface area (Å²) in [6.07, 6.45) is 3.53. The Morgan fingerprint density at radius 1 is 1.12 bits per heavy atom. The average Bonchev–Trinajstić information content (AvgIpc) is 3.28. The van der Waals surface area contributed by atoms with E-state index < -0.39 is 17.9 Å². The Morgan fingerprint density at radius 3 is 2.54 bits per heavy atom. The van der Waals surface area contributed by atoms with E-state index in [4.69, 9.17) is 9.15 Å². The molecule has 1 aromatic heterocycles. The fourth-order valence-corrected chi connectivity index (χ4v) is 2.41. The second kappa shape index (κ2) is 8.33. The maximum Gasteiger partial charge on any atom is 0.329 e. The summed E-state index contributed by atoms with van der Waals surface area (Å²) in [6.45, 7) is -0.364. The number of ether oxygens (including phenoxy) is 1. The molecule has 0 spiro atoms. The molecule has 0 unspecified atom stereocenters. The molecule has 0 bridgehead atoms. The number of hydrogen-bond donors (Lipinski definition) is 2. The molecule has 1 atom stereocenters. The molecule has 0 saturated heterocycles. The number of hydrogen-bond acceptors (Lipinski definition) is 5. The number of nitrogens with one attached hydrogen (secondary N) is 2. The molecule has 136 valence electrons. The van der Waals surface area contributed by atoms with Crippen molar-refractivity contribution in [2.24, 2.45) is 0 Å². The van der Waals surface area contributed by atoms with E-state index in [0.29, 0.717) is 0 Å². The smallest absolute Gasteiger partial charge is 0.329 e. The van der Waals surface area contributed by atoms with E-state index in [9.17, 15) is 14.4 Å². The van der Waals surface area contributed by atoms with Crippen LogP contribution >= 0.6 is 0 Å². The van der Waals surface area contributed by atoms with Gasteiger partial charge in [0.05, 0.1) is 6.26 Å². The largest absolute Gasteiger partial charge is 0.459 e. The predicted molar refractivity (Wildman–Crippen MR) is 92.2 cm³/mol. The Hall–Kier alpha value is -3.09. The summed E-state index contributed by atoms with van der Waals surface area (Å²) >= 11 is 0. The normalized spacial score (nSPS) is 14.3. The van der Waals surface area contributed by atoms with Crippen molar-refractivity contribution in [1.29, 1.82) is 0 Å². The first-order valence-corrected chi connectivity index (χ1v) is 8.46. The molecule has 1 aliphatic rings. The van der Waals surface area contributed by atoms with Crippen LogP contribution < -0.4 is 10.6 Å². The van der Waals surface area contributed by atoms with Crippen LogP contribution in [0.25, 0.3) is 0 Å². The molecule has 1 saturated carbocycles. The number of amides is 2. The lowest BCUT2D eigenvalue weighted by Crippen LogP contribution is -2.44. The molecule has 2 N–H and O–H groups in total. The van der Waals surface area contributed by atoms with Crippen molar-refractivity contribution in [2.45, 2.75) is 31.3 Å². The van der Waals surface area contributed by atoms with Gasteiger partial charge in [0.15, 0.2) is 12.4 Å². The highest BCUT2D eigenvalue weighted by molar-refractivity contribution is 5.94. The molecule has 1 heterocycles. The Morgan fingerprint density at radius 2 is 1.88 bits per heavy atom. The van der Waals surface area contributed by atoms with Crippen LogP contribution in [0.1, 0.15) is 29.0 Å². The fraction of sp³-hybridized carbons (Fsp3) is 0.316. The molecule has 26 heavy (non-hydrogen) atoms. The van der Waals surface area contributed by atoms with Gasteiger partial charge in [-0.2, -0.15) is 0 Å². The fourth-order valence-electron chi connectivity index (χ4n) is 2.41. The van der Waals surface area contributed by atoms with Gasteiger partial charge >= 0.3 is 5.97 Å². The molecule has 1 fully saturated rings. The first-order chi connectivity index (χ1) is 12.6. The monoisotopic (exact) mass is 356 g/mol. The lowest BCUT2D eigenvalue weighted by molar-refractivity contribution is -0.150. The highest BCUT2D eigenvalue weighted by atomic mass is 16.5. The topological polar surface area (TPSA) is 97.6 Å². The van der Waals surface area contributed by atoms with Crippen molar-refractivity contribution in [3.8, 4) is 0 Å². The van der Waals surface area contributed by atoms with E-state index in [1.165, 1.54) is 12.3 Å². The van der Waals surface area contributed by atoms with Crippen LogP contribution in [-0.4, -0.2) is 36.5 Å². The van der Waals surface area contributed by atoms with Crippen LogP contribution in [0.15, 0.2) is 53.1 Å². The number of benzene rings is 1. The van der Waals surface area contributed by atoms with Crippen molar-refractivity contribution in [3.05, 3.63) is 60.1 Å². The van der Waals surface area contributed by atoms with Gasteiger partial charge in [0.25, 0.3) is 11.8 Å². The Bertz CT molecular complexity index is 754. The molecule has 7 nitrogen and oxygen atoms in total. The zero-order valence-corrected chi connectivity index (χ0v) is 14.1. The van der Waals surface area contributed by atoms with Crippen LogP contribution in [0, 0.1) is 0 Å². The quantitative estimate of drug-likeness (QED) is 0.698. The number of esters is 1.